The third kappa shape index (κ3) is 2.14. The van der Waals surface area contributed by atoms with Crippen LogP contribution >= 0.6 is 11.8 Å². The van der Waals surface area contributed by atoms with Gasteiger partial charge in [-0.05, 0) is 25.5 Å². The molecule has 0 saturated carbocycles. The number of benzene rings is 1. The third-order valence-corrected chi connectivity index (χ3v) is 4.39. The summed E-state index contributed by atoms with van der Waals surface area (Å²) in [6.45, 7) is 3.96. The van der Waals surface area contributed by atoms with Gasteiger partial charge < -0.3 is 0 Å². The minimum atomic E-state index is 0.626. The van der Waals surface area contributed by atoms with Gasteiger partial charge in [0, 0.05) is 11.4 Å². The molecule has 0 bridgehead atoms. The number of nitrogens with zero attached hydrogens (tertiary/aromatic N) is 6. The molecule has 0 aliphatic carbocycles. The first-order valence-corrected chi connectivity index (χ1v) is 7.96. The second-order valence-corrected chi connectivity index (χ2v) is 6.08. The normalized spacial score (nSPS) is 13.8. The summed E-state index contributed by atoms with van der Waals surface area (Å²) in [5.74, 6) is 1.42. The lowest BCUT2D eigenvalue weighted by molar-refractivity contribution is 0.682. The van der Waals surface area contributed by atoms with E-state index in [-0.39, 0.29) is 0 Å². The highest BCUT2D eigenvalue weighted by Gasteiger charge is 2.21. The van der Waals surface area contributed by atoms with Crippen LogP contribution in [-0.4, -0.2) is 36.1 Å². The Balaban J connectivity index is 1.83. The lowest BCUT2D eigenvalue weighted by Gasteiger charge is -2.13. The topological polar surface area (TPSA) is 60.9 Å². The minimum Gasteiger partial charge on any atom is -0.202 e. The van der Waals surface area contributed by atoms with Crippen molar-refractivity contribution in [3.8, 4) is 5.95 Å². The average Bonchev–Trinajstić information content (AvgIpc) is 3.10. The van der Waals surface area contributed by atoms with Crippen LogP contribution in [0.5, 0.6) is 0 Å². The fraction of sp³-hybridized carbons (Fsp3) is 0.200. The van der Waals surface area contributed by atoms with Crippen LogP contribution in [0.2, 0.25) is 0 Å². The predicted octanol–water partition coefficient (Wildman–Crippen LogP) is 2.44. The largest absolute Gasteiger partial charge is 0.274 e. The fourth-order valence-electron chi connectivity index (χ4n) is 2.45. The zero-order chi connectivity index (χ0) is 15.1. The molecular formula is C15H14N6S. The first-order valence-electron chi connectivity index (χ1n) is 6.97. The summed E-state index contributed by atoms with van der Waals surface area (Å²) >= 11 is 1.64. The molecule has 0 unspecified atom stereocenters. The zero-order valence-electron chi connectivity index (χ0n) is 12.3. The Morgan fingerprint density at radius 1 is 1.09 bits per heavy atom. The number of rotatable bonds is 2. The maximum Gasteiger partial charge on any atom is 0.274 e. The third-order valence-electron chi connectivity index (χ3n) is 3.46. The molecule has 7 heteroatoms. The van der Waals surface area contributed by atoms with Crippen molar-refractivity contribution in [2.75, 3.05) is 5.75 Å². The van der Waals surface area contributed by atoms with E-state index in [1.807, 2.05) is 38.1 Å². The number of hydrogen-bond acceptors (Lipinski definition) is 5. The summed E-state index contributed by atoms with van der Waals surface area (Å²) in [7, 11) is 0. The van der Waals surface area contributed by atoms with Crippen molar-refractivity contribution in [3.05, 3.63) is 53.3 Å². The molecule has 22 heavy (non-hydrogen) atoms. The molecule has 3 heterocycles. The lowest BCUT2D eigenvalue weighted by atomic mass is 10.1. The van der Waals surface area contributed by atoms with E-state index in [2.05, 4.69) is 27.4 Å². The summed E-state index contributed by atoms with van der Waals surface area (Å²) < 4.78 is 3.56. The van der Waals surface area contributed by atoms with Gasteiger partial charge in [-0.1, -0.05) is 42.1 Å². The molecule has 0 fully saturated rings. The van der Waals surface area contributed by atoms with Crippen molar-refractivity contribution < 1.29 is 0 Å². The predicted molar refractivity (Wildman–Crippen MR) is 85.7 cm³/mol. The van der Waals surface area contributed by atoms with Gasteiger partial charge in [-0.15, -0.1) is 10.2 Å². The highest BCUT2D eigenvalue weighted by Crippen LogP contribution is 2.25. The van der Waals surface area contributed by atoms with E-state index in [1.165, 1.54) is 0 Å². The van der Waals surface area contributed by atoms with E-state index in [0.29, 0.717) is 5.95 Å². The zero-order valence-corrected chi connectivity index (χ0v) is 13.1. The molecule has 0 saturated heterocycles. The van der Waals surface area contributed by atoms with Crippen LogP contribution in [0.25, 0.3) is 5.95 Å². The molecule has 0 amide bonds. The Bertz CT molecular complexity index is 862. The summed E-state index contributed by atoms with van der Waals surface area (Å²) in [6, 6.07) is 12.2. The van der Waals surface area contributed by atoms with E-state index in [1.54, 1.807) is 21.1 Å². The standard InChI is InChI=1S/C15H14N6S/c1-10-8-11(2)20(18-10)14-16-17-15-21(14)19-13(9-22-15)12-6-4-3-5-7-12/h3-8H,9H2,1-2H3. The van der Waals surface area contributed by atoms with Crippen LogP contribution in [0.4, 0.5) is 0 Å². The minimum absolute atomic E-state index is 0.626. The first-order chi connectivity index (χ1) is 10.7. The molecule has 1 aliphatic heterocycles. The number of aryl methyl sites for hydroxylation is 2. The molecule has 0 radical (unpaired) electrons. The van der Waals surface area contributed by atoms with Crippen LogP contribution in [0.1, 0.15) is 17.0 Å². The number of fused-ring (bicyclic) bond motifs is 1. The van der Waals surface area contributed by atoms with Crippen molar-refractivity contribution in [2.24, 2.45) is 5.10 Å². The molecule has 2 aromatic heterocycles. The maximum absolute atomic E-state index is 4.73. The second-order valence-electron chi connectivity index (χ2n) is 5.13. The van der Waals surface area contributed by atoms with Crippen molar-refractivity contribution in [3.63, 3.8) is 0 Å². The van der Waals surface area contributed by atoms with Gasteiger partial charge in [0.15, 0.2) is 0 Å². The molecule has 0 N–H and O–H groups in total. The highest BCUT2D eigenvalue weighted by molar-refractivity contribution is 7.99. The smallest absolute Gasteiger partial charge is 0.202 e. The van der Waals surface area contributed by atoms with Crippen molar-refractivity contribution in [1.82, 2.24) is 24.7 Å². The Labute approximate surface area is 131 Å². The SMILES string of the molecule is Cc1cc(C)n(-c2nnc3n2N=C(c2ccccc2)CS3)n1. The van der Waals surface area contributed by atoms with Crippen LogP contribution in [0, 0.1) is 13.8 Å². The van der Waals surface area contributed by atoms with Gasteiger partial charge in [0.05, 0.1) is 11.4 Å². The summed E-state index contributed by atoms with van der Waals surface area (Å²) in [5, 5.41) is 18.5. The van der Waals surface area contributed by atoms with E-state index >= 15 is 0 Å². The van der Waals surface area contributed by atoms with Crippen molar-refractivity contribution in [1.29, 1.82) is 0 Å². The molecule has 3 aromatic rings. The molecule has 0 spiro atoms. The summed E-state index contributed by atoms with van der Waals surface area (Å²) in [5.41, 5.74) is 4.10. The van der Waals surface area contributed by atoms with E-state index in [0.717, 1.165) is 33.6 Å². The maximum atomic E-state index is 4.73. The van der Waals surface area contributed by atoms with E-state index in [9.17, 15) is 0 Å². The van der Waals surface area contributed by atoms with E-state index in [4.69, 9.17) is 5.10 Å². The van der Waals surface area contributed by atoms with Crippen molar-refractivity contribution in [2.45, 2.75) is 19.0 Å². The Hall–Kier alpha value is -2.41. The Morgan fingerprint density at radius 2 is 1.91 bits per heavy atom. The lowest BCUT2D eigenvalue weighted by Crippen LogP contribution is -2.16. The van der Waals surface area contributed by atoms with Crippen LogP contribution in [0.15, 0.2) is 46.7 Å². The fourth-order valence-corrected chi connectivity index (χ4v) is 3.29. The molecule has 1 aliphatic rings. The molecular weight excluding hydrogens is 296 g/mol. The first kappa shape index (κ1) is 13.3. The van der Waals surface area contributed by atoms with Gasteiger partial charge in [0.25, 0.3) is 5.95 Å². The average molecular weight is 310 g/mol. The van der Waals surface area contributed by atoms with Crippen molar-refractivity contribution >= 4 is 17.5 Å². The highest BCUT2D eigenvalue weighted by atomic mass is 32.2. The second kappa shape index (κ2) is 5.10. The molecule has 1 aromatic carbocycles. The summed E-state index contributed by atoms with van der Waals surface area (Å²) in [4.78, 5) is 0. The Kier molecular flexibility index (Phi) is 3.07. The van der Waals surface area contributed by atoms with Crippen LogP contribution < -0.4 is 0 Å². The molecule has 110 valence electrons. The molecule has 6 nitrogen and oxygen atoms in total. The quantitative estimate of drug-likeness (QED) is 0.729. The van der Waals surface area contributed by atoms with Gasteiger partial charge in [0.2, 0.25) is 5.16 Å². The van der Waals surface area contributed by atoms with Crippen LogP contribution in [0.3, 0.4) is 0 Å². The monoisotopic (exact) mass is 310 g/mol. The van der Waals surface area contributed by atoms with Gasteiger partial charge in [-0.3, -0.25) is 0 Å². The summed E-state index contributed by atoms with van der Waals surface area (Å²) in [6.07, 6.45) is 0. The van der Waals surface area contributed by atoms with Crippen LogP contribution in [-0.2, 0) is 0 Å². The van der Waals surface area contributed by atoms with Gasteiger partial charge in [-0.2, -0.15) is 14.9 Å². The molecule has 4 rings (SSSR count). The molecule has 0 atom stereocenters. The number of aromatic nitrogens is 5. The number of thioether (sulfide) groups is 1. The van der Waals surface area contributed by atoms with Gasteiger partial charge in [0.1, 0.15) is 0 Å². The van der Waals surface area contributed by atoms with Gasteiger partial charge in [-0.25, -0.2) is 4.68 Å². The Morgan fingerprint density at radius 3 is 2.64 bits per heavy atom. The van der Waals surface area contributed by atoms with Gasteiger partial charge >= 0.3 is 0 Å². The number of hydrogen-bond donors (Lipinski definition) is 0. The van der Waals surface area contributed by atoms with E-state index < -0.39 is 0 Å².